The molecule has 150 valence electrons. The maximum absolute atomic E-state index is 13.0. The zero-order valence-electron chi connectivity index (χ0n) is 16.7. The van der Waals surface area contributed by atoms with E-state index in [0.717, 1.165) is 21.2 Å². The first kappa shape index (κ1) is 19.1. The monoisotopic (exact) mass is 395 g/mol. The molecule has 2 aromatic rings. The summed E-state index contributed by atoms with van der Waals surface area (Å²) in [6.07, 6.45) is 0. The normalized spacial score (nSPS) is 19.1. The van der Waals surface area contributed by atoms with Crippen LogP contribution in [-0.2, 0) is 20.8 Å². The Bertz CT molecular complexity index is 1040. The Kier molecular flexibility index (Phi) is 5.02. The number of likely N-dealkylation sites (N-methyl/N-ethyl adjacent to an activating group) is 2. The van der Waals surface area contributed by atoms with Crippen molar-refractivity contribution in [2.75, 3.05) is 34.4 Å². The number of carbonyl (C=O) groups excluding carboxylic acids is 2. The molecule has 0 radical (unpaired) electrons. The van der Waals surface area contributed by atoms with E-state index in [1.54, 1.807) is 14.2 Å². The number of amides is 3. The van der Waals surface area contributed by atoms with Crippen LogP contribution in [0.3, 0.4) is 0 Å². The summed E-state index contributed by atoms with van der Waals surface area (Å²) in [6, 6.07) is 13.4. The molecule has 8 heteroatoms. The van der Waals surface area contributed by atoms with Crippen LogP contribution in [0.5, 0.6) is 0 Å². The highest BCUT2D eigenvalue weighted by Gasteiger charge is 2.54. The standard InChI is InChI=1S/C21H23N4O4/c1-23-18-17(19(26)24(2)21(23)27)25(20(22-18)29-12-11-28-3)13-15-9-6-8-14-7-4-5-10-16(14)15/h4-10,17H,11-13H2,1-3H3/q+1. The van der Waals surface area contributed by atoms with Gasteiger partial charge in [-0.15, -0.1) is 0 Å². The van der Waals surface area contributed by atoms with Gasteiger partial charge < -0.3 is 9.47 Å². The fourth-order valence-corrected chi connectivity index (χ4v) is 3.68. The molecule has 0 spiro atoms. The van der Waals surface area contributed by atoms with Crippen LogP contribution < -0.4 is 0 Å². The highest BCUT2D eigenvalue weighted by atomic mass is 16.5. The zero-order valence-corrected chi connectivity index (χ0v) is 16.7. The Balaban J connectivity index is 1.76. The third-order valence-electron chi connectivity index (χ3n) is 5.23. The highest BCUT2D eigenvalue weighted by Crippen LogP contribution is 2.24. The molecular formula is C21H23N4O4+. The zero-order chi connectivity index (χ0) is 20.5. The minimum absolute atomic E-state index is 0.295. The van der Waals surface area contributed by atoms with Gasteiger partial charge in [0.15, 0.2) is 0 Å². The minimum Gasteiger partial charge on any atom is -0.426 e. The van der Waals surface area contributed by atoms with Gasteiger partial charge in [-0.3, -0.25) is 14.6 Å². The second-order valence-electron chi connectivity index (χ2n) is 7.00. The van der Waals surface area contributed by atoms with Gasteiger partial charge in [-0.25, -0.2) is 4.79 Å². The topological polar surface area (TPSA) is 74.5 Å². The Morgan fingerprint density at radius 1 is 1.03 bits per heavy atom. The average Bonchev–Trinajstić information content (AvgIpc) is 3.09. The number of methoxy groups -OCH3 is 1. The Morgan fingerprint density at radius 2 is 1.79 bits per heavy atom. The number of hydrogen-bond donors (Lipinski definition) is 0. The molecule has 1 fully saturated rings. The summed E-state index contributed by atoms with van der Waals surface area (Å²) in [7, 11) is 4.69. The van der Waals surface area contributed by atoms with Crippen molar-refractivity contribution in [2.45, 2.75) is 12.6 Å². The van der Waals surface area contributed by atoms with Crippen molar-refractivity contribution in [3.63, 3.8) is 0 Å². The van der Waals surface area contributed by atoms with E-state index in [1.165, 1.54) is 11.9 Å². The SMILES string of the molecule is COCCOC1=[N+](Cc2cccc3ccccc23)C2C(=O)N(C)C(=O)N(C)C2=N1. The first-order chi connectivity index (χ1) is 14.0. The maximum Gasteiger partial charge on any atom is 0.497 e. The fourth-order valence-electron chi connectivity index (χ4n) is 3.68. The third kappa shape index (κ3) is 3.25. The van der Waals surface area contributed by atoms with Crippen LogP contribution in [-0.4, -0.2) is 78.6 Å². The molecule has 8 nitrogen and oxygen atoms in total. The summed E-state index contributed by atoms with van der Waals surface area (Å²) in [5.41, 5.74) is 1.04. The van der Waals surface area contributed by atoms with Crippen molar-refractivity contribution >= 4 is 34.6 Å². The summed E-state index contributed by atoms with van der Waals surface area (Å²) in [6.45, 7) is 1.11. The van der Waals surface area contributed by atoms with Gasteiger partial charge in [0.1, 0.15) is 13.2 Å². The molecule has 3 amide bonds. The number of hydrogen-bond acceptors (Lipinski definition) is 5. The van der Waals surface area contributed by atoms with Crippen molar-refractivity contribution in [1.82, 2.24) is 9.80 Å². The largest absolute Gasteiger partial charge is 0.497 e. The number of rotatable bonds is 5. The molecule has 1 unspecified atom stereocenters. The molecule has 2 heterocycles. The van der Waals surface area contributed by atoms with Crippen LogP contribution in [0.25, 0.3) is 10.8 Å². The number of ether oxygens (including phenoxy) is 2. The lowest BCUT2D eigenvalue weighted by Gasteiger charge is -2.30. The Morgan fingerprint density at radius 3 is 2.59 bits per heavy atom. The summed E-state index contributed by atoms with van der Waals surface area (Å²) in [5, 5.41) is 2.22. The van der Waals surface area contributed by atoms with Crippen LogP contribution in [0.1, 0.15) is 5.56 Å². The first-order valence-electron chi connectivity index (χ1n) is 9.38. The van der Waals surface area contributed by atoms with Gasteiger partial charge in [-0.2, -0.15) is 4.58 Å². The van der Waals surface area contributed by atoms with E-state index >= 15 is 0 Å². The number of imide groups is 1. The number of urea groups is 1. The Labute approximate surface area is 168 Å². The predicted octanol–water partition coefficient (Wildman–Crippen LogP) is 1.68. The van der Waals surface area contributed by atoms with E-state index < -0.39 is 12.1 Å². The smallest absolute Gasteiger partial charge is 0.426 e. The number of benzene rings is 2. The van der Waals surface area contributed by atoms with Crippen molar-refractivity contribution < 1.29 is 23.6 Å². The Hall–Kier alpha value is -3.26. The summed E-state index contributed by atoms with van der Waals surface area (Å²) >= 11 is 0. The van der Waals surface area contributed by atoms with Gasteiger partial charge in [0, 0.05) is 31.8 Å². The number of carbonyl (C=O) groups is 2. The maximum atomic E-state index is 13.0. The lowest BCUT2D eigenvalue weighted by molar-refractivity contribution is -0.558. The minimum atomic E-state index is -0.709. The molecule has 0 saturated carbocycles. The van der Waals surface area contributed by atoms with E-state index in [9.17, 15) is 9.59 Å². The predicted molar refractivity (Wildman–Crippen MR) is 108 cm³/mol. The molecule has 0 aromatic heterocycles. The van der Waals surface area contributed by atoms with Gasteiger partial charge >= 0.3 is 12.1 Å². The summed E-state index contributed by atoms with van der Waals surface area (Å²) < 4.78 is 12.7. The highest BCUT2D eigenvalue weighted by molar-refractivity contribution is 6.22. The van der Waals surface area contributed by atoms with Crippen LogP contribution in [0.4, 0.5) is 4.79 Å². The van der Waals surface area contributed by atoms with Crippen LogP contribution in [0, 0.1) is 0 Å². The third-order valence-corrected chi connectivity index (χ3v) is 5.23. The molecule has 29 heavy (non-hydrogen) atoms. The molecule has 2 aromatic carbocycles. The van der Waals surface area contributed by atoms with Crippen molar-refractivity contribution in [2.24, 2.45) is 4.99 Å². The molecule has 0 bridgehead atoms. The van der Waals surface area contributed by atoms with E-state index in [2.05, 4.69) is 23.2 Å². The van der Waals surface area contributed by atoms with E-state index in [1.807, 2.05) is 28.8 Å². The first-order valence-corrected chi connectivity index (χ1v) is 9.38. The lowest BCUT2D eigenvalue weighted by atomic mass is 10.0. The molecule has 1 atom stereocenters. The van der Waals surface area contributed by atoms with Crippen LogP contribution in [0.2, 0.25) is 0 Å². The van der Waals surface area contributed by atoms with E-state index in [0.29, 0.717) is 31.6 Å². The molecule has 0 N–H and O–H groups in total. The summed E-state index contributed by atoms with van der Waals surface area (Å²) in [4.78, 5) is 32.3. The van der Waals surface area contributed by atoms with Crippen LogP contribution in [0.15, 0.2) is 47.5 Å². The van der Waals surface area contributed by atoms with Gasteiger partial charge in [0.05, 0.1) is 6.61 Å². The van der Waals surface area contributed by atoms with Crippen molar-refractivity contribution in [3.05, 3.63) is 48.0 Å². The molecule has 1 saturated heterocycles. The lowest BCUT2D eigenvalue weighted by Crippen LogP contribution is -2.61. The van der Waals surface area contributed by atoms with E-state index in [4.69, 9.17) is 9.47 Å². The second-order valence-corrected chi connectivity index (χ2v) is 7.00. The van der Waals surface area contributed by atoms with Gasteiger partial charge in [0.25, 0.3) is 17.8 Å². The number of fused-ring (bicyclic) bond motifs is 2. The van der Waals surface area contributed by atoms with Crippen molar-refractivity contribution in [1.29, 1.82) is 0 Å². The fraction of sp³-hybridized carbons (Fsp3) is 0.333. The quantitative estimate of drug-likeness (QED) is 0.570. The number of aliphatic imine (C=N–C) groups is 1. The second kappa shape index (κ2) is 7.63. The van der Waals surface area contributed by atoms with Crippen molar-refractivity contribution in [3.8, 4) is 0 Å². The molecule has 2 aliphatic rings. The van der Waals surface area contributed by atoms with Gasteiger partial charge in [-0.05, 0) is 10.8 Å². The van der Waals surface area contributed by atoms with Gasteiger partial charge in [-0.1, -0.05) is 42.5 Å². The number of nitrogens with zero attached hydrogens (tertiary/aromatic N) is 4. The molecule has 0 aliphatic carbocycles. The molecular weight excluding hydrogens is 372 g/mol. The summed E-state index contributed by atoms with van der Waals surface area (Å²) in [5.74, 6) is 0.0585. The van der Waals surface area contributed by atoms with Gasteiger partial charge in [0.2, 0.25) is 0 Å². The molecule has 2 aliphatic heterocycles. The number of amidine groups is 2. The van der Waals surface area contributed by atoms with Crippen LogP contribution >= 0.6 is 0 Å². The van der Waals surface area contributed by atoms with E-state index in [-0.39, 0.29) is 5.91 Å². The molecule has 4 rings (SSSR count). The average molecular weight is 395 g/mol.